The minimum Gasteiger partial charge on any atom is -0.367 e. The van der Waals surface area contributed by atoms with E-state index in [0.717, 1.165) is 45.3 Å². The SMILES string of the molecule is CCS(=O)(=O)NC1CCC2(CC1)CN(Cc1cc[nH]c1)C2. The Bertz CT molecular complexity index is 552. The van der Waals surface area contributed by atoms with E-state index in [2.05, 4.69) is 26.9 Å². The highest BCUT2D eigenvalue weighted by molar-refractivity contribution is 7.89. The molecule has 0 radical (unpaired) electrons. The number of nitrogens with zero attached hydrogens (tertiary/aromatic N) is 1. The predicted octanol–water partition coefficient (Wildman–Crippen LogP) is 1.70. The summed E-state index contributed by atoms with van der Waals surface area (Å²) in [6, 6.07) is 2.28. The molecule has 1 aliphatic carbocycles. The molecular formula is C15H25N3O2S. The van der Waals surface area contributed by atoms with Crippen LogP contribution in [0.5, 0.6) is 0 Å². The first-order chi connectivity index (χ1) is 10.0. The molecule has 21 heavy (non-hydrogen) atoms. The third kappa shape index (κ3) is 3.49. The number of likely N-dealkylation sites (tertiary alicyclic amines) is 1. The van der Waals surface area contributed by atoms with Crippen molar-refractivity contribution < 1.29 is 8.42 Å². The maximum atomic E-state index is 11.6. The van der Waals surface area contributed by atoms with Crippen LogP contribution in [0.2, 0.25) is 0 Å². The molecule has 0 amide bonds. The largest absolute Gasteiger partial charge is 0.367 e. The third-order valence-corrected chi connectivity index (χ3v) is 6.41. The Labute approximate surface area is 127 Å². The van der Waals surface area contributed by atoms with Gasteiger partial charge < -0.3 is 4.98 Å². The fourth-order valence-electron chi connectivity index (χ4n) is 3.73. The van der Waals surface area contributed by atoms with Crippen molar-refractivity contribution in [2.75, 3.05) is 18.8 Å². The quantitative estimate of drug-likeness (QED) is 0.870. The van der Waals surface area contributed by atoms with Crippen LogP contribution in [0.1, 0.15) is 38.2 Å². The van der Waals surface area contributed by atoms with Gasteiger partial charge in [-0.2, -0.15) is 0 Å². The van der Waals surface area contributed by atoms with E-state index in [-0.39, 0.29) is 11.8 Å². The van der Waals surface area contributed by atoms with Crippen molar-refractivity contribution in [3.63, 3.8) is 0 Å². The Balaban J connectivity index is 1.45. The van der Waals surface area contributed by atoms with E-state index >= 15 is 0 Å². The van der Waals surface area contributed by atoms with Crippen molar-refractivity contribution in [2.45, 2.75) is 45.2 Å². The normalized spacial score (nSPS) is 23.3. The highest BCUT2D eigenvalue weighted by Gasteiger charge is 2.45. The van der Waals surface area contributed by atoms with E-state index in [1.165, 1.54) is 5.56 Å². The summed E-state index contributed by atoms with van der Waals surface area (Å²) < 4.78 is 26.1. The van der Waals surface area contributed by atoms with Crippen LogP contribution in [0.3, 0.4) is 0 Å². The molecule has 1 spiro atoms. The van der Waals surface area contributed by atoms with Crippen molar-refractivity contribution in [1.82, 2.24) is 14.6 Å². The maximum absolute atomic E-state index is 11.6. The number of sulfonamides is 1. The molecule has 0 unspecified atom stereocenters. The average molecular weight is 311 g/mol. The molecule has 2 aliphatic rings. The van der Waals surface area contributed by atoms with Gasteiger partial charge in [0, 0.05) is 38.1 Å². The smallest absolute Gasteiger partial charge is 0.211 e. The summed E-state index contributed by atoms with van der Waals surface area (Å²) in [5.41, 5.74) is 1.79. The summed E-state index contributed by atoms with van der Waals surface area (Å²) in [5.74, 6) is 0.180. The number of aromatic amines is 1. The Morgan fingerprint density at radius 1 is 1.38 bits per heavy atom. The Kier molecular flexibility index (Phi) is 4.12. The fourth-order valence-corrected chi connectivity index (χ4v) is 4.64. The molecule has 1 aliphatic heterocycles. The molecule has 118 valence electrons. The Morgan fingerprint density at radius 2 is 2.10 bits per heavy atom. The van der Waals surface area contributed by atoms with Crippen LogP contribution in [0, 0.1) is 5.41 Å². The van der Waals surface area contributed by atoms with E-state index in [1.54, 1.807) is 6.92 Å². The number of hydrogen-bond acceptors (Lipinski definition) is 3. The van der Waals surface area contributed by atoms with Crippen LogP contribution in [0.4, 0.5) is 0 Å². The minimum absolute atomic E-state index is 0.152. The molecule has 1 aromatic heterocycles. The monoisotopic (exact) mass is 311 g/mol. The summed E-state index contributed by atoms with van der Waals surface area (Å²) in [7, 11) is -3.05. The first kappa shape index (κ1) is 15.1. The van der Waals surface area contributed by atoms with Gasteiger partial charge in [-0.1, -0.05) is 0 Å². The lowest BCUT2D eigenvalue weighted by atomic mass is 9.67. The van der Waals surface area contributed by atoms with Crippen molar-refractivity contribution >= 4 is 10.0 Å². The molecule has 3 rings (SSSR count). The highest BCUT2D eigenvalue weighted by atomic mass is 32.2. The van der Waals surface area contributed by atoms with Crippen LogP contribution >= 0.6 is 0 Å². The molecule has 6 heteroatoms. The molecule has 2 heterocycles. The lowest BCUT2D eigenvalue weighted by molar-refractivity contribution is -0.0372. The summed E-state index contributed by atoms with van der Waals surface area (Å²) in [6.45, 7) is 5.03. The minimum atomic E-state index is -3.05. The first-order valence-corrected chi connectivity index (χ1v) is 9.50. The zero-order chi connectivity index (χ0) is 14.9. The van der Waals surface area contributed by atoms with Gasteiger partial charge in [-0.3, -0.25) is 4.90 Å². The van der Waals surface area contributed by atoms with E-state index < -0.39 is 10.0 Å². The average Bonchev–Trinajstić information content (AvgIpc) is 2.92. The highest BCUT2D eigenvalue weighted by Crippen LogP contribution is 2.44. The van der Waals surface area contributed by atoms with Crippen LogP contribution in [0.15, 0.2) is 18.5 Å². The van der Waals surface area contributed by atoms with Crippen molar-refractivity contribution in [2.24, 2.45) is 5.41 Å². The van der Waals surface area contributed by atoms with Crippen LogP contribution in [-0.2, 0) is 16.6 Å². The second kappa shape index (κ2) is 5.74. The molecule has 2 N–H and O–H groups in total. The van der Waals surface area contributed by atoms with Gasteiger partial charge in [0.1, 0.15) is 0 Å². The van der Waals surface area contributed by atoms with Gasteiger partial charge in [0.05, 0.1) is 5.75 Å². The van der Waals surface area contributed by atoms with E-state index in [1.807, 2.05) is 6.20 Å². The Hall–Kier alpha value is -0.850. The predicted molar refractivity (Wildman–Crippen MR) is 83.4 cm³/mol. The van der Waals surface area contributed by atoms with Gasteiger partial charge >= 0.3 is 0 Å². The second-order valence-corrected chi connectivity index (χ2v) is 8.70. The third-order valence-electron chi connectivity index (χ3n) is 4.96. The molecule has 1 saturated heterocycles. The molecule has 0 aromatic carbocycles. The lowest BCUT2D eigenvalue weighted by Crippen LogP contribution is -2.58. The number of rotatable bonds is 5. The fraction of sp³-hybridized carbons (Fsp3) is 0.733. The topological polar surface area (TPSA) is 65.2 Å². The van der Waals surface area contributed by atoms with Gasteiger partial charge in [-0.05, 0) is 49.7 Å². The molecule has 5 nitrogen and oxygen atoms in total. The lowest BCUT2D eigenvalue weighted by Gasteiger charge is -2.53. The van der Waals surface area contributed by atoms with Gasteiger partial charge in [0.15, 0.2) is 0 Å². The summed E-state index contributed by atoms with van der Waals surface area (Å²) in [4.78, 5) is 5.58. The molecule has 1 aromatic rings. The van der Waals surface area contributed by atoms with E-state index in [9.17, 15) is 8.42 Å². The van der Waals surface area contributed by atoms with E-state index in [0.29, 0.717) is 5.41 Å². The molecule has 0 atom stereocenters. The maximum Gasteiger partial charge on any atom is 0.211 e. The molecular weight excluding hydrogens is 286 g/mol. The van der Waals surface area contributed by atoms with E-state index in [4.69, 9.17) is 0 Å². The zero-order valence-electron chi connectivity index (χ0n) is 12.6. The standard InChI is InChI=1S/C15H25N3O2S/c1-2-21(19,20)17-14-3-6-15(7-4-14)11-18(12-15)10-13-5-8-16-9-13/h5,8-9,14,16-17H,2-4,6-7,10-12H2,1H3. The van der Waals surface area contributed by atoms with Crippen molar-refractivity contribution in [1.29, 1.82) is 0 Å². The van der Waals surface area contributed by atoms with Gasteiger partial charge in [0.2, 0.25) is 10.0 Å². The van der Waals surface area contributed by atoms with Crippen molar-refractivity contribution in [3.05, 3.63) is 24.0 Å². The Morgan fingerprint density at radius 3 is 2.67 bits per heavy atom. The number of H-pyrrole nitrogens is 1. The summed E-state index contributed by atoms with van der Waals surface area (Å²) in [6.07, 6.45) is 8.28. The van der Waals surface area contributed by atoms with Crippen LogP contribution < -0.4 is 4.72 Å². The second-order valence-electron chi connectivity index (χ2n) is 6.66. The molecule has 1 saturated carbocycles. The zero-order valence-corrected chi connectivity index (χ0v) is 13.5. The van der Waals surface area contributed by atoms with Gasteiger partial charge in [-0.15, -0.1) is 0 Å². The van der Waals surface area contributed by atoms with Crippen LogP contribution in [-0.4, -0.2) is 43.2 Å². The first-order valence-electron chi connectivity index (χ1n) is 7.84. The van der Waals surface area contributed by atoms with Gasteiger partial charge in [0.25, 0.3) is 0 Å². The summed E-state index contributed by atoms with van der Waals surface area (Å²) in [5, 5.41) is 0. The van der Waals surface area contributed by atoms with Gasteiger partial charge in [-0.25, -0.2) is 13.1 Å². The number of hydrogen-bond donors (Lipinski definition) is 2. The number of nitrogens with one attached hydrogen (secondary N) is 2. The molecule has 0 bridgehead atoms. The van der Waals surface area contributed by atoms with Crippen molar-refractivity contribution in [3.8, 4) is 0 Å². The van der Waals surface area contributed by atoms with Crippen LogP contribution in [0.25, 0.3) is 0 Å². The number of aromatic nitrogens is 1. The molecule has 2 fully saturated rings. The summed E-state index contributed by atoms with van der Waals surface area (Å²) >= 11 is 0.